The number of methoxy groups -OCH3 is 1. The number of aromatic carboxylic acids is 1. The largest absolute Gasteiger partial charge is 0.478 e. The highest BCUT2D eigenvalue weighted by atomic mass is 127. The molecule has 0 amide bonds. The standard InChI is InChI=1S/C15H10O2.C8H7IO2.C8H6.CH4/c16-15(17)14-10-8-13(9-11-14)7-6-12-4-2-1-3-5-12;1-11-8(10)6-2-4-7(9)5-3-6;1-2-8-6-4-3-5-7-8;/h1-5,8-11H,(H,16,17);2-5H,1H3;1,3-7H;1H4. The van der Waals surface area contributed by atoms with Crippen LogP contribution in [0.4, 0.5) is 0 Å². The minimum atomic E-state index is -0.924. The average molecular weight is 602 g/mol. The molecule has 4 rings (SSSR count). The third-order valence-corrected chi connectivity index (χ3v) is 5.18. The number of esters is 1. The van der Waals surface area contributed by atoms with Crippen molar-refractivity contribution in [2.45, 2.75) is 7.43 Å². The summed E-state index contributed by atoms with van der Waals surface area (Å²) in [5.74, 6) is 7.31. The molecule has 0 saturated heterocycles. The van der Waals surface area contributed by atoms with E-state index in [9.17, 15) is 9.59 Å². The number of carboxylic acids is 1. The second-order valence-electron chi connectivity index (χ2n) is 7.01. The van der Waals surface area contributed by atoms with Gasteiger partial charge < -0.3 is 9.84 Å². The number of ether oxygens (including phenoxy) is 1. The molecule has 4 aromatic rings. The van der Waals surface area contributed by atoms with Gasteiger partial charge in [0.1, 0.15) is 0 Å². The number of rotatable bonds is 2. The third-order valence-electron chi connectivity index (χ3n) is 4.46. The Kier molecular flexibility index (Phi) is 14.2. The fraction of sp³-hybridized carbons (Fsp3) is 0.0625. The lowest BCUT2D eigenvalue weighted by Gasteiger charge is -1.97. The molecule has 186 valence electrons. The van der Waals surface area contributed by atoms with Gasteiger partial charge in [0, 0.05) is 20.3 Å². The van der Waals surface area contributed by atoms with Crippen molar-refractivity contribution in [2.24, 2.45) is 0 Å². The lowest BCUT2D eigenvalue weighted by atomic mass is 10.1. The molecule has 1 N–H and O–H groups in total. The van der Waals surface area contributed by atoms with Crippen molar-refractivity contribution in [3.63, 3.8) is 0 Å². The highest BCUT2D eigenvalue weighted by molar-refractivity contribution is 14.1. The number of hydrogen-bond donors (Lipinski definition) is 1. The van der Waals surface area contributed by atoms with Crippen LogP contribution >= 0.6 is 22.6 Å². The first-order valence-electron chi connectivity index (χ1n) is 10.7. The van der Waals surface area contributed by atoms with Gasteiger partial charge in [-0.05, 0) is 95.4 Å². The van der Waals surface area contributed by atoms with Crippen molar-refractivity contribution in [2.75, 3.05) is 7.11 Å². The molecule has 0 heterocycles. The first kappa shape index (κ1) is 30.7. The van der Waals surface area contributed by atoms with Gasteiger partial charge in [-0.2, -0.15) is 0 Å². The summed E-state index contributed by atoms with van der Waals surface area (Å²) in [6, 6.07) is 33.0. The fourth-order valence-electron chi connectivity index (χ4n) is 2.60. The van der Waals surface area contributed by atoms with E-state index in [4.69, 9.17) is 11.5 Å². The summed E-state index contributed by atoms with van der Waals surface area (Å²) in [5, 5.41) is 8.75. The van der Waals surface area contributed by atoms with E-state index in [1.54, 1.807) is 36.4 Å². The van der Waals surface area contributed by atoms with Crippen molar-refractivity contribution >= 4 is 34.5 Å². The van der Waals surface area contributed by atoms with Crippen LogP contribution in [0.1, 0.15) is 44.8 Å². The Hall–Kier alpha value is -4.33. The number of carbonyl (C=O) groups excluding carboxylic acids is 1. The van der Waals surface area contributed by atoms with Crippen molar-refractivity contribution in [3.05, 3.63) is 141 Å². The fourth-order valence-corrected chi connectivity index (χ4v) is 2.96. The molecule has 0 radical (unpaired) electrons. The Balaban J connectivity index is 0.000000296. The summed E-state index contributed by atoms with van der Waals surface area (Å²) in [6.45, 7) is 0. The number of halogens is 1. The Morgan fingerprint density at radius 3 is 1.54 bits per heavy atom. The highest BCUT2D eigenvalue weighted by Crippen LogP contribution is 2.07. The Morgan fingerprint density at radius 2 is 1.14 bits per heavy atom. The minimum absolute atomic E-state index is 0. The number of carboxylic acid groups (broad SMARTS) is 1. The third kappa shape index (κ3) is 11.8. The number of benzene rings is 4. The van der Waals surface area contributed by atoms with E-state index in [0.29, 0.717) is 5.56 Å². The topological polar surface area (TPSA) is 63.6 Å². The predicted molar refractivity (Wildman–Crippen MR) is 157 cm³/mol. The van der Waals surface area contributed by atoms with Gasteiger partial charge >= 0.3 is 11.9 Å². The lowest BCUT2D eigenvalue weighted by Crippen LogP contribution is -2.00. The highest BCUT2D eigenvalue weighted by Gasteiger charge is 2.02. The molecule has 0 aliphatic rings. The van der Waals surface area contributed by atoms with E-state index < -0.39 is 5.97 Å². The molecule has 0 fully saturated rings. The molecule has 0 saturated carbocycles. The zero-order valence-electron chi connectivity index (χ0n) is 19.5. The Bertz CT molecular complexity index is 1340. The van der Waals surface area contributed by atoms with Crippen LogP contribution in [-0.4, -0.2) is 24.2 Å². The lowest BCUT2D eigenvalue weighted by molar-refractivity contribution is 0.0599. The number of hydrogen-bond acceptors (Lipinski definition) is 3. The summed E-state index contributed by atoms with van der Waals surface area (Å²) in [7, 11) is 1.38. The second-order valence-corrected chi connectivity index (χ2v) is 8.25. The first-order valence-corrected chi connectivity index (χ1v) is 11.8. The molecule has 4 nitrogen and oxygen atoms in total. The van der Waals surface area contributed by atoms with Crippen LogP contribution < -0.4 is 0 Å². The average Bonchev–Trinajstić information content (AvgIpc) is 2.94. The van der Waals surface area contributed by atoms with Gasteiger partial charge in [0.15, 0.2) is 0 Å². The van der Waals surface area contributed by atoms with Crippen molar-refractivity contribution < 1.29 is 19.4 Å². The first-order chi connectivity index (χ1) is 17.4. The van der Waals surface area contributed by atoms with Crippen LogP contribution in [-0.2, 0) is 4.74 Å². The maximum atomic E-state index is 10.9. The maximum absolute atomic E-state index is 10.9. The Morgan fingerprint density at radius 1 is 0.703 bits per heavy atom. The Labute approximate surface area is 232 Å². The summed E-state index contributed by atoms with van der Waals surface area (Å²) in [5.41, 5.74) is 3.55. The number of terminal acetylenes is 1. The molecular weight excluding hydrogens is 575 g/mol. The van der Waals surface area contributed by atoms with Gasteiger partial charge in [-0.15, -0.1) is 6.42 Å². The van der Waals surface area contributed by atoms with E-state index in [0.717, 1.165) is 20.3 Å². The zero-order chi connectivity index (χ0) is 26.2. The molecule has 4 aromatic carbocycles. The molecule has 5 heteroatoms. The van der Waals surface area contributed by atoms with E-state index in [1.165, 1.54) is 7.11 Å². The minimum Gasteiger partial charge on any atom is -0.478 e. The van der Waals surface area contributed by atoms with E-state index >= 15 is 0 Å². The van der Waals surface area contributed by atoms with Gasteiger partial charge in [0.05, 0.1) is 18.2 Å². The van der Waals surface area contributed by atoms with Crippen LogP contribution in [0.15, 0.2) is 109 Å². The van der Waals surface area contributed by atoms with Gasteiger partial charge in [-0.25, -0.2) is 9.59 Å². The molecular formula is C32H27IO4. The van der Waals surface area contributed by atoms with E-state index in [-0.39, 0.29) is 19.0 Å². The smallest absolute Gasteiger partial charge is 0.337 e. The molecule has 0 spiro atoms. The molecule has 37 heavy (non-hydrogen) atoms. The van der Waals surface area contributed by atoms with Gasteiger partial charge in [-0.1, -0.05) is 61.6 Å². The quantitative estimate of drug-likeness (QED) is 0.150. The molecule has 0 aliphatic carbocycles. The zero-order valence-corrected chi connectivity index (χ0v) is 21.7. The van der Waals surface area contributed by atoms with Gasteiger partial charge in [0.25, 0.3) is 0 Å². The van der Waals surface area contributed by atoms with Crippen molar-refractivity contribution in [1.82, 2.24) is 0 Å². The van der Waals surface area contributed by atoms with Crippen LogP contribution in [0.5, 0.6) is 0 Å². The van der Waals surface area contributed by atoms with Crippen LogP contribution in [0.2, 0.25) is 0 Å². The summed E-state index contributed by atoms with van der Waals surface area (Å²) < 4.78 is 5.64. The maximum Gasteiger partial charge on any atom is 0.337 e. The number of carbonyl (C=O) groups is 2. The van der Waals surface area contributed by atoms with Crippen LogP contribution in [0.25, 0.3) is 0 Å². The van der Waals surface area contributed by atoms with Gasteiger partial charge in [0.2, 0.25) is 0 Å². The van der Waals surface area contributed by atoms with Crippen LogP contribution in [0.3, 0.4) is 0 Å². The normalized spacial score (nSPS) is 8.68. The molecule has 0 aliphatic heterocycles. The van der Waals surface area contributed by atoms with Crippen molar-refractivity contribution in [3.8, 4) is 24.2 Å². The predicted octanol–water partition coefficient (Wildman–Crippen LogP) is 7.17. The summed E-state index contributed by atoms with van der Waals surface area (Å²) in [4.78, 5) is 21.6. The summed E-state index contributed by atoms with van der Waals surface area (Å²) >= 11 is 2.18. The SMILES string of the molecule is C.C#Cc1ccccc1.COC(=O)c1ccc(I)cc1.O=C(O)c1ccc(C#Cc2ccccc2)cc1. The van der Waals surface area contributed by atoms with Crippen molar-refractivity contribution in [1.29, 1.82) is 0 Å². The van der Waals surface area contributed by atoms with Gasteiger partial charge in [-0.3, -0.25) is 0 Å². The van der Waals surface area contributed by atoms with E-state index in [1.807, 2.05) is 72.8 Å². The molecule has 0 bridgehead atoms. The molecule has 0 atom stereocenters. The molecule has 0 aromatic heterocycles. The van der Waals surface area contributed by atoms with Crippen LogP contribution in [0, 0.1) is 27.8 Å². The molecule has 0 unspecified atom stereocenters. The summed E-state index contributed by atoms with van der Waals surface area (Å²) in [6.07, 6.45) is 5.10. The van der Waals surface area contributed by atoms with E-state index in [2.05, 4.69) is 45.1 Å². The monoisotopic (exact) mass is 602 g/mol. The second kappa shape index (κ2) is 17.2.